The normalized spacial score (nSPS) is 13.2. The zero-order chi connectivity index (χ0) is 12.7. The van der Waals surface area contributed by atoms with Crippen LogP contribution in [-0.2, 0) is 4.74 Å². The van der Waals surface area contributed by atoms with E-state index in [1.165, 1.54) is 0 Å². The third-order valence-electron chi connectivity index (χ3n) is 2.57. The molecule has 1 heterocycles. The third-order valence-corrected chi connectivity index (χ3v) is 2.57. The Kier molecular flexibility index (Phi) is 6.26. The molecule has 4 nitrogen and oxygen atoms in total. The van der Waals surface area contributed by atoms with Crippen molar-refractivity contribution in [2.45, 2.75) is 19.9 Å². The van der Waals surface area contributed by atoms with E-state index in [2.05, 4.69) is 17.1 Å². The second-order valence-corrected chi connectivity index (χ2v) is 4.54. The Morgan fingerprint density at radius 1 is 1.35 bits per heavy atom. The van der Waals surface area contributed by atoms with Crippen LogP contribution in [-0.4, -0.2) is 45.3 Å². The summed E-state index contributed by atoms with van der Waals surface area (Å²) in [4.78, 5) is 2.11. The number of likely N-dealkylation sites (N-methyl/N-ethyl adjacent to an activating group) is 1. The summed E-state index contributed by atoms with van der Waals surface area (Å²) in [7, 11) is 4.09. The van der Waals surface area contributed by atoms with Crippen LogP contribution in [0.2, 0.25) is 0 Å². The van der Waals surface area contributed by atoms with E-state index in [9.17, 15) is 0 Å². The smallest absolute Gasteiger partial charge is 0.120 e. The van der Waals surface area contributed by atoms with Crippen molar-refractivity contribution in [1.82, 2.24) is 10.2 Å². The van der Waals surface area contributed by atoms with Crippen LogP contribution in [0.3, 0.4) is 0 Å². The van der Waals surface area contributed by atoms with Gasteiger partial charge in [0.15, 0.2) is 0 Å². The molecule has 0 fully saturated rings. The van der Waals surface area contributed by atoms with E-state index in [-0.39, 0.29) is 6.04 Å². The SMILES string of the molecule is Cc1ccc(C(C)NCCOCCN(C)C)o1. The zero-order valence-corrected chi connectivity index (χ0v) is 11.3. The van der Waals surface area contributed by atoms with Crippen LogP contribution >= 0.6 is 0 Å². The Morgan fingerprint density at radius 3 is 2.71 bits per heavy atom. The highest BCUT2D eigenvalue weighted by Crippen LogP contribution is 2.14. The van der Waals surface area contributed by atoms with Crippen LogP contribution in [0.1, 0.15) is 24.5 Å². The van der Waals surface area contributed by atoms with Gasteiger partial charge in [0.1, 0.15) is 11.5 Å². The molecule has 0 aliphatic carbocycles. The molecule has 0 saturated carbocycles. The first-order chi connectivity index (χ1) is 8.09. The first-order valence-electron chi connectivity index (χ1n) is 6.12. The molecule has 98 valence electrons. The van der Waals surface area contributed by atoms with E-state index in [1.807, 2.05) is 33.2 Å². The average molecular weight is 240 g/mol. The van der Waals surface area contributed by atoms with Crippen LogP contribution in [0.25, 0.3) is 0 Å². The lowest BCUT2D eigenvalue weighted by Crippen LogP contribution is -2.25. The highest BCUT2D eigenvalue weighted by Gasteiger charge is 2.07. The summed E-state index contributed by atoms with van der Waals surface area (Å²) >= 11 is 0. The maximum absolute atomic E-state index is 5.54. The van der Waals surface area contributed by atoms with E-state index >= 15 is 0 Å². The van der Waals surface area contributed by atoms with Gasteiger partial charge in [0.2, 0.25) is 0 Å². The van der Waals surface area contributed by atoms with Crippen molar-refractivity contribution in [2.75, 3.05) is 40.4 Å². The summed E-state index contributed by atoms with van der Waals surface area (Å²) in [6, 6.07) is 4.24. The summed E-state index contributed by atoms with van der Waals surface area (Å²) in [5, 5.41) is 3.37. The Bertz CT molecular complexity index is 310. The maximum Gasteiger partial charge on any atom is 0.120 e. The predicted octanol–water partition coefficient (Wildman–Crippen LogP) is 1.82. The van der Waals surface area contributed by atoms with E-state index in [0.29, 0.717) is 0 Å². The standard InChI is InChI=1S/C13H24N2O2/c1-11-5-6-13(17-11)12(2)14-7-9-16-10-8-15(3)4/h5-6,12,14H,7-10H2,1-4H3. The van der Waals surface area contributed by atoms with Gasteiger partial charge in [-0.25, -0.2) is 0 Å². The fourth-order valence-corrected chi connectivity index (χ4v) is 1.48. The Morgan fingerprint density at radius 2 is 2.12 bits per heavy atom. The second-order valence-electron chi connectivity index (χ2n) is 4.54. The molecule has 1 rings (SSSR count). The molecule has 0 aliphatic rings. The summed E-state index contributed by atoms with van der Waals surface area (Å²) < 4.78 is 11.0. The van der Waals surface area contributed by atoms with E-state index in [0.717, 1.165) is 37.8 Å². The largest absolute Gasteiger partial charge is 0.465 e. The lowest BCUT2D eigenvalue weighted by molar-refractivity contribution is 0.117. The number of nitrogens with zero attached hydrogens (tertiary/aromatic N) is 1. The van der Waals surface area contributed by atoms with Gasteiger partial charge in [-0.2, -0.15) is 0 Å². The summed E-state index contributed by atoms with van der Waals surface area (Å²) in [5.74, 6) is 1.94. The van der Waals surface area contributed by atoms with Gasteiger partial charge < -0.3 is 19.4 Å². The molecule has 0 bridgehead atoms. The Hall–Kier alpha value is -0.840. The molecule has 1 atom stereocenters. The van der Waals surface area contributed by atoms with Gasteiger partial charge in [0.05, 0.1) is 19.3 Å². The average Bonchev–Trinajstić information content (AvgIpc) is 2.69. The van der Waals surface area contributed by atoms with E-state index < -0.39 is 0 Å². The summed E-state index contributed by atoms with van der Waals surface area (Å²) in [6.07, 6.45) is 0. The molecule has 0 aliphatic heterocycles. The minimum absolute atomic E-state index is 0.237. The number of nitrogens with one attached hydrogen (secondary N) is 1. The van der Waals surface area contributed by atoms with Gasteiger partial charge in [-0.05, 0) is 40.1 Å². The number of furan rings is 1. The molecule has 1 N–H and O–H groups in total. The topological polar surface area (TPSA) is 37.6 Å². The number of ether oxygens (including phenoxy) is 1. The van der Waals surface area contributed by atoms with Gasteiger partial charge in [0.25, 0.3) is 0 Å². The van der Waals surface area contributed by atoms with Crippen LogP contribution in [0.5, 0.6) is 0 Å². The maximum atomic E-state index is 5.54. The first kappa shape index (κ1) is 14.2. The molecule has 0 aromatic carbocycles. The molecule has 4 heteroatoms. The molecule has 0 spiro atoms. The minimum atomic E-state index is 0.237. The Labute approximate surface area is 104 Å². The number of hydrogen-bond acceptors (Lipinski definition) is 4. The van der Waals surface area contributed by atoms with Gasteiger partial charge in [-0.3, -0.25) is 0 Å². The van der Waals surface area contributed by atoms with Gasteiger partial charge in [-0.15, -0.1) is 0 Å². The molecule has 0 radical (unpaired) electrons. The molecule has 1 aromatic heterocycles. The molecule has 0 saturated heterocycles. The van der Waals surface area contributed by atoms with Crippen LogP contribution in [0, 0.1) is 6.92 Å². The lowest BCUT2D eigenvalue weighted by atomic mass is 10.2. The predicted molar refractivity (Wildman–Crippen MR) is 69.2 cm³/mol. The molecule has 17 heavy (non-hydrogen) atoms. The summed E-state index contributed by atoms with van der Waals surface area (Å²) in [5.41, 5.74) is 0. The van der Waals surface area contributed by atoms with Crippen molar-refractivity contribution in [3.63, 3.8) is 0 Å². The van der Waals surface area contributed by atoms with Crippen molar-refractivity contribution in [3.8, 4) is 0 Å². The molecule has 1 unspecified atom stereocenters. The van der Waals surface area contributed by atoms with Crippen LogP contribution in [0.15, 0.2) is 16.5 Å². The van der Waals surface area contributed by atoms with Crippen LogP contribution < -0.4 is 5.32 Å². The van der Waals surface area contributed by atoms with Gasteiger partial charge in [0, 0.05) is 13.1 Å². The molecular weight excluding hydrogens is 216 g/mol. The van der Waals surface area contributed by atoms with Crippen LogP contribution in [0.4, 0.5) is 0 Å². The number of aryl methyl sites for hydroxylation is 1. The molecule has 0 amide bonds. The van der Waals surface area contributed by atoms with Crippen molar-refractivity contribution < 1.29 is 9.15 Å². The highest BCUT2D eigenvalue weighted by molar-refractivity contribution is 5.08. The van der Waals surface area contributed by atoms with Crippen molar-refractivity contribution in [2.24, 2.45) is 0 Å². The van der Waals surface area contributed by atoms with Crippen molar-refractivity contribution in [1.29, 1.82) is 0 Å². The fraction of sp³-hybridized carbons (Fsp3) is 0.692. The zero-order valence-electron chi connectivity index (χ0n) is 11.3. The molecular formula is C13H24N2O2. The van der Waals surface area contributed by atoms with E-state index in [1.54, 1.807) is 0 Å². The lowest BCUT2D eigenvalue weighted by Gasteiger charge is -2.13. The van der Waals surface area contributed by atoms with Gasteiger partial charge in [-0.1, -0.05) is 0 Å². The summed E-state index contributed by atoms with van der Waals surface area (Å²) in [6.45, 7) is 7.38. The first-order valence-corrected chi connectivity index (χ1v) is 6.12. The van der Waals surface area contributed by atoms with Gasteiger partial charge >= 0.3 is 0 Å². The fourth-order valence-electron chi connectivity index (χ4n) is 1.48. The highest BCUT2D eigenvalue weighted by atomic mass is 16.5. The van der Waals surface area contributed by atoms with Crippen molar-refractivity contribution >= 4 is 0 Å². The second kappa shape index (κ2) is 7.48. The molecule has 1 aromatic rings. The minimum Gasteiger partial charge on any atom is -0.465 e. The number of hydrogen-bond donors (Lipinski definition) is 1. The van der Waals surface area contributed by atoms with Crippen molar-refractivity contribution in [3.05, 3.63) is 23.7 Å². The monoisotopic (exact) mass is 240 g/mol. The Balaban J connectivity index is 2.06. The third kappa shape index (κ3) is 5.86. The quantitative estimate of drug-likeness (QED) is 0.703. The van der Waals surface area contributed by atoms with E-state index in [4.69, 9.17) is 9.15 Å². The number of rotatable bonds is 8.